The summed E-state index contributed by atoms with van der Waals surface area (Å²) in [6, 6.07) is 9.41. The zero-order valence-corrected chi connectivity index (χ0v) is 13.0. The van der Waals surface area contributed by atoms with Gasteiger partial charge in [-0.3, -0.25) is 4.79 Å². The summed E-state index contributed by atoms with van der Waals surface area (Å²) in [5.74, 6) is 0.413. The van der Waals surface area contributed by atoms with Gasteiger partial charge in [0, 0.05) is 10.5 Å². The van der Waals surface area contributed by atoms with Crippen LogP contribution in [0.25, 0.3) is 0 Å². The molecule has 0 atom stereocenters. The van der Waals surface area contributed by atoms with E-state index in [1.54, 1.807) is 12.1 Å². The predicted molar refractivity (Wildman–Crippen MR) is 87.1 cm³/mol. The number of amides is 1. The largest absolute Gasteiger partial charge is 0.482 e. The molecule has 6 heteroatoms. The number of nitrogens with two attached hydrogens (primary N) is 1. The van der Waals surface area contributed by atoms with Gasteiger partial charge in [0.05, 0.1) is 22.7 Å². The van der Waals surface area contributed by atoms with Crippen molar-refractivity contribution in [3.63, 3.8) is 0 Å². The number of halogens is 1. The van der Waals surface area contributed by atoms with Gasteiger partial charge in [0.1, 0.15) is 5.75 Å². The molecular weight excluding hydrogens is 334 g/mol. The van der Waals surface area contributed by atoms with Crippen molar-refractivity contribution in [3.8, 4) is 5.75 Å². The molecule has 21 heavy (non-hydrogen) atoms. The van der Waals surface area contributed by atoms with Crippen molar-refractivity contribution in [2.75, 3.05) is 23.0 Å². The van der Waals surface area contributed by atoms with Crippen molar-refractivity contribution in [3.05, 3.63) is 40.4 Å². The Hall–Kier alpha value is -2.21. The van der Waals surface area contributed by atoms with Crippen LogP contribution in [0.3, 0.4) is 0 Å². The topological polar surface area (TPSA) is 76.4 Å². The van der Waals surface area contributed by atoms with Crippen molar-refractivity contribution in [2.45, 2.75) is 6.92 Å². The fourth-order valence-electron chi connectivity index (χ4n) is 2.14. The van der Waals surface area contributed by atoms with Gasteiger partial charge in [0.15, 0.2) is 6.61 Å². The number of nitrogen functional groups attached to an aromatic ring is 1. The van der Waals surface area contributed by atoms with Crippen LogP contribution in [-0.4, -0.2) is 12.5 Å². The van der Waals surface area contributed by atoms with Crippen molar-refractivity contribution < 1.29 is 9.53 Å². The number of nitrogens with one attached hydrogen (secondary N) is 2. The maximum Gasteiger partial charge on any atom is 0.262 e. The Morgan fingerprint density at radius 3 is 2.95 bits per heavy atom. The fourth-order valence-corrected chi connectivity index (χ4v) is 2.50. The molecule has 0 aromatic heterocycles. The van der Waals surface area contributed by atoms with Crippen molar-refractivity contribution in [1.29, 1.82) is 0 Å². The monoisotopic (exact) mass is 347 g/mol. The lowest BCUT2D eigenvalue weighted by Crippen LogP contribution is -2.25. The molecule has 0 spiro atoms. The number of carbonyl (C=O) groups excluding carboxylic acids is 1. The van der Waals surface area contributed by atoms with Gasteiger partial charge in [-0.25, -0.2) is 0 Å². The number of rotatable bonds is 2. The molecule has 2 aromatic rings. The van der Waals surface area contributed by atoms with E-state index in [1.165, 1.54) is 0 Å². The highest BCUT2D eigenvalue weighted by Crippen LogP contribution is 2.38. The van der Waals surface area contributed by atoms with Gasteiger partial charge in [-0.05, 0) is 40.5 Å². The van der Waals surface area contributed by atoms with E-state index in [1.807, 2.05) is 25.1 Å². The minimum absolute atomic E-state index is 0.0165. The van der Waals surface area contributed by atoms with Crippen LogP contribution in [0, 0.1) is 6.92 Å². The van der Waals surface area contributed by atoms with Gasteiger partial charge in [-0.2, -0.15) is 0 Å². The minimum atomic E-state index is -0.171. The minimum Gasteiger partial charge on any atom is -0.482 e. The molecule has 5 nitrogen and oxygen atoms in total. The number of anilines is 4. The molecule has 0 fully saturated rings. The highest BCUT2D eigenvalue weighted by atomic mass is 79.9. The number of ether oxygens (including phenoxy) is 1. The van der Waals surface area contributed by atoms with E-state index < -0.39 is 0 Å². The first-order chi connectivity index (χ1) is 10.0. The molecule has 0 saturated heterocycles. The maximum atomic E-state index is 11.4. The molecule has 108 valence electrons. The van der Waals surface area contributed by atoms with E-state index in [2.05, 4.69) is 26.6 Å². The maximum absolute atomic E-state index is 11.4. The van der Waals surface area contributed by atoms with Crippen molar-refractivity contribution in [2.24, 2.45) is 0 Å². The summed E-state index contributed by atoms with van der Waals surface area (Å²) >= 11 is 3.55. The SMILES string of the molecule is Cc1cccc(Nc2cc3c(cc2N)OCC(=O)N3)c1Br. The summed E-state index contributed by atoms with van der Waals surface area (Å²) in [5.41, 5.74) is 9.96. The Morgan fingerprint density at radius 2 is 2.14 bits per heavy atom. The molecule has 1 amide bonds. The molecule has 1 aliphatic rings. The highest BCUT2D eigenvalue weighted by Gasteiger charge is 2.18. The number of hydrogen-bond donors (Lipinski definition) is 3. The molecule has 3 rings (SSSR count). The van der Waals surface area contributed by atoms with Gasteiger partial charge in [0.25, 0.3) is 5.91 Å². The average Bonchev–Trinajstić information content (AvgIpc) is 2.45. The smallest absolute Gasteiger partial charge is 0.262 e. The predicted octanol–water partition coefficient (Wildman–Crippen LogP) is 3.41. The van der Waals surface area contributed by atoms with Crippen LogP contribution in [0.2, 0.25) is 0 Å². The van der Waals surface area contributed by atoms with Crippen LogP contribution in [-0.2, 0) is 4.79 Å². The number of aryl methyl sites for hydroxylation is 1. The third-order valence-corrected chi connectivity index (χ3v) is 4.30. The van der Waals surface area contributed by atoms with E-state index in [0.29, 0.717) is 22.8 Å². The van der Waals surface area contributed by atoms with E-state index >= 15 is 0 Å². The lowest BCUT2D eigenvalue weighted by Gasteiger charge is -2.20. The Morgan fingerprint density at radius 1 is 1.33 bits per heavy atom. The highest BCUT2D eigenvalue weighted by molar-refractivity contribution is 9.10. The number of carbonyl (C=O) groups is 1. The molecule has 1 aliphatic heterocycles. The second-order valence-electron chi connectivity index (χ2n) is 4.83. The first-order valence-corrected chi connectivity index (χ1v) is 7.22. The summed E-state index contributed by atoms with van der Waals surface area (Å²) < 4.78 is 6.31. The summed E-state index contributed by atoms with van der Waals surface area (Å²) in [7, 11) is 0. The molecular formula is C15H14BrN3O2. The fraction of sp³-hybridized carbons (Fsp3) is 0.133. The van der Waals surface area contributed by atoms with Gasteiger partial charge in [-0.1, -0.05) is 12.1 Å². The molecule has 0 saturated carbocycles. The quantitative estimate of drug-likeness (QED) is 0.727. The van der Waals surface area contributed by atoms with E-state index in [-0.39, 0.29) is 12.5 Å². The van der Waals surface area contributed by atoms with Crippen molar-refractivity contribution in [1.82, 2.24) is 0 Å². The lowest BCUT2D eigenvalue weighted by atomic mass is 10.1. The number of fused-ring (bicyclic) bond motifs is 1. The van der Waals surface area contributed by atoms with E-state index in [0.717, 1.165) is 15.7 Å². The number of hydrogen-bond acceptors (Lipinski definition) is 4. The zero-order valence-electron chi connectivity index (χ0n) is 11.4. The molecule has 0 aliphatic carbocycles. The average molecular weight is 348 g/mol. The first-order valence-electron chi connectivity index (χ1n) is 6.43. The molecule has 0 unspecified atom stereocenters. The summed E-state index contributed by atoms with van der Waals surface area (Å²) in [6.45, 7) is 2.03. The van der Waals surface area contributed by atoms with E-state index in [4.69, 9.17) is 10.5 Å². The van der Waals surface area contributed by atoms with Crippen LogP contribution in [0.4, 0.5) is 22.7 Å². The third kappa shape index (κ3) is 2.67. The Bertz CT molecular complexity index is 731. The normalized spacial score (nSPS) is 13.1. The van der Waals surface area contributed by atoms with Crippen LogP contribution >= 0.6 is 15.9 Å². The van der Waals surface area contributed by atoms with Crippen molar-refractivity contribution >= 4 is 44.6 Å². The van der Waals surface area contributed by atoms with E-state index in [9.17, 15) is 4.79 Å². The van der Waals surface area contributed by atoms with Gasteiger partial charge in [0.2, 0.25) is 0 Å². The first kappa shape index (κ1) is 13.8. The second-order valence-corrected chi connectivity index (χ2v) is 5.63. The van der Waals surface area contributed by atoms with Crippen LogP contribution in [0.1, 0.15) is 5.56 Å². The lowest BCUT2D eigenvalue weighted by molar-refractivity contribution is -0.118. The summed E-state index contributed by atoms with van der Waals surface area (Å²) in [5, 5.41) is 6.04. The Balaban J connectivity index is 1.97. The van der Waals surface area contributed by atoms with Gasteiger partial charge in [-0.15, -0.1) is 0 Å². The van der Waals surface area contributed by atoms with Gasteiger partial charge >= 0.3 is 0 Å². The molecule has 1 heterocycles. The number of benzene rings is 2. The third-order valence-electron chi connectivity index (χ3n) is 3.25. The van der Waals surface area contributed by atoms with Crippen LogP contribution in [0.15, 0.2) is 34.8 Å². The molecule has 4 N–H and O–H groups in total. The standard InChI is InChI=1S/C15H14BrN3O2/c1-8-3-2-4-10(15(8)16)18-11-6-12-13(5-9(11)17)21-7-14(20)19-12/h2-6,18H,7,17H2,1H3,(H,19,20). The van der Waals surface area contributed by atoms with Crippen LogP contribution < -0.4 is 21.1 Å². The zero-order chi connectivity index (χ0) is 15.0. The van der Waals surface area contributed by atoms with Gasteiger partial charge < -0.3 is 21.1 Å². The molecule has 0 radical (unpaired) electrons. The Kier molecular flexibility index (Phi) is 3.47. The molecule has 0 bridgehead atoms. The summed E-state index contributed by atoms with van der Waals surface area (Å²) in [6.07, 6.45) is 0. The second kappa shape index (κ2) is 5.29. The Labute approximate surface area is 130 Å². The summed E-state index contributed by atoms with van der Waals surface area (Å²) in [4.78, 5) is 11.4. The molecule has 2 aromatic carbocycles. The van der Waals surface area contributed by atoms with Crippen LogP contribution in [0.5, 0.6) is 5.75 Å².